The number of anilines is 1. The zero-order valence-electron chi connectivity index (χ0n) is 8.45. The number of fused-ring (bicyclic) bond motifs is 1. The third-order valence-electron chi connectivity index (χ3n) is 2.07. The summed E-state index contributed by atoms with van der Waals surface area (Å²) in [7, 11) is 4.16. The molecule has 0 radical (unpaired) electrons. The van der Waals surface area contributed by atoms with Crippen molar-refractivity contribution in [2.75, 3.05) is 19.8 Å². The molecule has 0 bridgehead atoms. The van der Waals surface area contributed by atoms with E-state index in [4.69, 9.17) is 5.73 Å². The number of benzene rings is 1. The van der Waals surface area contributed by atoms with Gasteiger partial charge in [0.1, 0.15) is 0 Å². The highest BCUT2D eigenvalue weighted by Gasteiger charge is 2.02. The molecule has 2 N–H and O–H groups in total. The molecule has 0 fully saturated rings. The van der Waals surface area contributed by atoms with Crippen LogP contribution in [0, 0.1) is 0 Å². The van der Waals surface area contributed by atoms with Gasteiger partial charge < -0.3 is 10.6 Å². The topological polar surface area (TPSA) is 29.3 Å². The number of nitrogens with two attached hydrogens (primary N) is 1. The molecule has 0 spiro atoms. The number of thiophene rings is 1. The summed E-state index contributed by atoms with van der Waals surface area (Å²) < 4.78 is 1.28. The number of nitrogens with zero attached hydrogens (tertiary/aromatic N) is 1. The summed E-state index contributed by atoms with van der Waals surface area (Å²) in [5, 5.41) is 1.29. The summed E-state index contributed by atoms with van der Waals surface area (Å²) in [6.07, 6.45) is 0. The highest BCUT2D eigenvalue weighted by atomic mass is 32.1. The fraction of sp³-hybridized carbons (Fsp3) is 0.273. The molecule has 0 saturated carbocycles. The van der Waals surface area contributed by atoms with Gasteiger partial charge in [-0.15, -0.1) is 11.3 Å². The van der Waals surface area contributed by atoms with Crippen molar-refractivity contribution in [3.8, 4) is 0 Å². The van der Waals surface area contributed by atoms with E-state index in [1.807, 2.05) is 23.5 Å². The van der Waals surface area contributed by atoms with E-state index in [2.05, 4.69) is 31.1 Å². The molecule has 0 aliphatic rings. The lowest BCUT2D eigenvalue weighted by Gasteiger charge is -2.05. The van der Waals surface area contributed by atoms with Crippen molar-refractivity contribution in [3.63, 3.8) is 0 Å². The minimum atomic E-state index is 0.843. The van der Waals surface area contributed by atoms with E-state index in [-0.39, 0.29) is 0 Å². The molecule has 0 amide bonds. The molecule has 0 aliphatic heterocycles. The van der Waals surface area contributed by atoms with Gasteiger partial charge in [-0.1, -0.05) is 6.07 Å². The molecule has 3 heteroatoms. The van der Waals surface area contributed by atoms with E-state index in [0.717, 1.165) is 12.2 Å². The number of rotatable bonds is 2. The number of hydrogen-bond donors (Lipinski definition) is 1. The molecule has 74 valence electrons. The first-order chi connectivity index (χ1) is 6.65. The SMILES string of the molecule is CN(C)Cc1cc2ccc(N)cc2s1. The zero-order chi connectivity index (χ0) is 10.1. The summed E-state index contributed by atoms with van der Waals surface area (Å²) in [6.45, 7) is 0.999. The first-order valence-corrected chi connectivity index (χ1v) is 5.39. The maximum Gasteiger partial charge on any atom is 0.0366 e. The van der Waals surface area contributed by atoms with Crippen molar-refractivity contribution in [2.24, 2.45) is 0 Å². The Morgan fingerprint density at radius 2 is 2.07 bits per heavy atom. The maximum absolute atomic E-state index is 5.73. The molecule has 2 rings (SSSR count). The van der Waals surface area contributed by atoms with Crippen LogP contribution in [0.25, 0.3) is 10.1 Å². The van der Waals surface area contributed by atoms with Crippen LogP contribution in [0.1, 0.15) is 4.88 Å². The normalized spacial score (nSPS) is 11.4. The van der Waals surface area contributed by atoms with Crippen LogP contribution in [0.3, 0.4) is 0 Å². The van der Waals surface area contributed by atoms with Crippen LogP contribution in [0.2, 0.25) is 0 Å². The molecule has 0 saturated heterocycles. The standard InChI is InChI=1S/C11H14N2S/c1-13(2)7-10-5-8-3-4-9(12)6-11(8)14-10/h3-6H,7,12H2,1-2H3. The fourth-order valence-corrected chi connectivity index (χ4v) is 2.72. The Bertz CT molecular complexity index is 445. The molecular formula is C11H14N2S. The van der Waals surface area contributed by atoms with Crippen molar-refractivity contribution in [3.05, 3.63) is 29.1 Å². The van der Waals surface area contributed by atoms with Crippen LogP contribution < -0.4 is 5.73 Å². The van der Waals surface area contributed by atoms with E-state index >= 15 is 0 Å². The second-order valence-corrected chi connectivity index (χ2v) is 4.92. The van der Waals surface area contributed by atoms with Gasteiger partial charge in [-0.25, -0.2) is 0 Å². The highest BCUT2D eigenvalue weighted by molar-refractivity contribution is 7.19. The van der Waals surface area contributed by atoms with Gasteiger partial charge in [0.15, 0.2) is 0 Å². The molecule has 0 unspecified atom stereocenters. The number of hydrogen-bond acceptors (Lipinski definition) is 3. The third-order valence-corrected chi connectivity index (χ3v) is 3.15. The molecule has 1 aromatic carbocycles. The summed E-state index contributed by atoms with van der Waals surface area (Å²) >= 11 is 1.82. The van der Waals surface area contributed by atoms with E-state index in [9.17, 15) is 0 Å². The molecule has 2 aromatic rings. The van der Waals surface area contributed by atoms with Crippen molar-refractivity contribution in [1.82, 2.24) is 4.90 Å². The minimum Gasteiger partial charge on any atom is -0.399 e. The molecule has 1 heterocycles. The second-order valence-electron chi connectivity index (χ2n) is 3.75. The predicted octanol–water partition coefficient (Wildman–Crippen LogP) is 2.55. The quantitative estimate of drug-likeness (QED) is 0.765. The Balaban J connectivity index is 2.41. The van der Waals surface area contributed by atoms with E-state index < -0.39 is 0 Å². The fourth-order valence-electron chi connectivity index (χ4n) is 1.49. The Morgan fingerprint density at radius 3 is 2.79 bits per heavy atom. The van der Waals surface area contributed by atoms with Gasteiger partial charge in [-0.05, 0) is 37.7 Å². The van der Waals surface area contributed by atoms with Gasteiger partial charge in [-0.3, -0.25) is 0 Å². The van der Waals surface area contributed by atoms with Crippen LogP contribution in [0.5, 0.6) is 0 Å². The molecule has 0 atom stereocenters. The second kappa shape index (κ2) is 3.59. The predicted molar refractivity (Wildman–Crippen MR) is 63.6 cm³/mol. The van der Waals surface area contributed by atoms with Crippen LogP contribution in [-0.2, 0) is 6.54 Å². The molecule has 14 heavy (non-hydrogen) atoms. The van der Waals surface area contributed by atoms with Crippen LogP contribution in [0.15, 0.2) is 24.3 Å². The van der Waals surface area contributed by atoms with Crippen LogP contribution >= 0.6 is 11.3 Å². The summed E-state index contributed by atoms with van der Waals surface area (Å²) in [5.74, 6) is 0. The van der Waals surface area contributed by atoms with Gasteiger partial charge in [0, 0.05) is 21.8 Å². The number of nitrogen functional groups attached to an aromatic ring is 1. The average molecular weight is 206 g/mol. The zero-order valence-corrected chi connectivity index (χ0v) is 9.27. The van der Waals surface area contributed by atoms with Gasteiger partial charge in [0.05, 0.1) is 0 Å². The van der Waals surface area contributed by atoms with Gasteiger partial charge in [0.25, 0.3) is 0 Å². The maximum atomic E-state index is 5.73. The van der Waals surface area contributed by atoms with E-state index in [1.54, 1.807) is 0 Å². The van der Waals surface area contributed by atoms with Crippen LogP contribution in [0.4, 0.5) is 5.69 Å². The van der Waals surface area contributed by atoms with Crippen molar-refractivity contribution >= 4 is 27.1 Å². The molecular weight excluding hydrogens is 192 g/mol. The van der Waals surface area contributed by atoms with Crippen molar-refractivity contribution < 1.29 is 0 Å². The Labute approximate surface area is 87.9 Å². The van der Waals surface area contributed by atoms with Crippen molar-refractivity contribution in [2.45, 2.75) is 6.54 Å². The first-order valence-electron chi connectivity index (χ1n) is 4.58. The summed E-state index contributed by atoms with van der Waals surface area (Å²) in [5.41, 5.74) is 6.57. The largest absolute Gasteiger partial charge is 0.399 e. The van der Waals surface area contributed by atoms with Gasteiger partial charge in [0.2, 0.25) is 0 Å². The monoisotopic (exact) mass is 206 g/mol. The molecule has 0 aliphatic carbocycles. The lowest BCUT2D eigenvalue weighted by Crippen LogP contribution is -2.09. The Hall–Kier alpha value is -1.06. The first kappa shape index (κ1) is 9.49. The Morgan fingerprint density at radius 1 is 1.29 bits per heavy atom. The summed E-state index contributed by atoms with van der Waals surface area (Å²) in [4.78, 5) is 3.56. The smallest absolute Gasteiger partial charge is 0.0366 e. The highest BCUT2D eigenvalue weighted by Crippen LogP contribution is 2.27. The third kappa shape index (κ3) is 1.89. The average Bonchev–Trinajstić information content (AvgIpc) is 2.44. The minimum absolute atomic E-state index is 0.843. The van der Waals surface area contributed by atoms with Gasteiger partial charge >= 0.3 is 0 Å². The van der Waals surface area contributed by atoms with E-state index in [1.165, 1.54) is 15.0 Å². The lowest BCUT2D eigenvalue weighted by molar-refractivity contribution is 0.406. The molecule has 1 aromatic heterocycles. The van der Waals surface area contributed by atoms with E-state index in [0.29, 0.717) is 0 Å². The molecule has 2 nitrogen and oxygen atoms in total. The Kier molecular flexibility index (Phi) is 2.44. The summed E-state index contributed by atoms with van der Waals surface area (Å²) in [6, 6.07) is 8.31. The van der Waals surface area contributed by atoms with Crippen LogP contribution in [-0.4, -0.2) is 19.0 Å². The lowest BCUT2D eigenvalue weighted by atomic mass is 10.2. The van der Waals surface area contributed by atoms with Crippen molar-refractivity contribution in [1.29, 1.82) is 0 Å². The van der Waals surface area contributed by atoms with Gasteiger partial charge in [-0.2, -0.15) is 0 Å².